The van der Waals surface area contributed by atoms with Gasteiger partial charge in [0.2, 0.25) is 5.13 Å². The minimum absolute atomic E-state index is 0.121. The Kier molecular flexibility index (Phi) is 13.0. The van der Waals surface area contributed by atoms with Crippen LogP contribution < -0.4 is 27.4 Å². The number of aliphatic hydroxyl groups excluding tert-OH is 2. The van der Waals surface area contributed by atoms with Crippen LogP contribution in [0.4, 0.5) is 18.3 Å². The van der Waals surface area contributed by atoms with E-state index in [-0.39, 0.29) is 12.2 Å². The van der Waals surface area contributed by atoms with Crippen LogP contribution in [0.15, 0.2) is 78.3 Å². The monoisotopic (exact) mass is 633 g/mol. The third-order valence-electron chi connectivity index (χ3n) is 6.43. The van der Waals surface area contributed by atoms with Crippen molar-refractivity contribution in [2.45, 2.75) is 70.1 Å². The van der Waals surface area contributed by atoms with Crippen LogP contribution in [0.1, 0.15) is 53.9 Å². The molecule has 0 aliphatic heterocycles. The quantitative estimate of drug-likeness (QED) is 0.0705. The number of aromatic nitrogens is 2. The summed E-state index contributed by atoms with van der Waals surface area (Å²) < 4.78 is 37.6. The predicted molar refractivity (Wildman–Crippen MR) is 164 cm³/mol. The number of unbranched alkanes of at least 4 members (excludes halogenated alkanes) is 1. The molecule has 1 amide bonds. The molecular formula is C30H38F3N7O3S. The molecule has 3 unspecified atom stereocenters. The number of rotatable bonds is 16. The lowest BCUT2D eigenvalue weighted by Gasteiger charge is -2.18. The Hall–Kier alpha value is -4.14. The van der Waals surface area contributed by atoms with Gasteiger partial charge in [0.1, 0.15) is 17.5 Å². The normalized spacial score (nSPS) is 14.5. The molecule has 10 nitrogen and oxygen atoms in total. The summed E-state index contributed by atoms with van der Waals surface area (Å²) in [5.41, 5.74) is 14.8. The van der Waals surface area contributed by atoms with Gasteiger partial charge in [0.05, 0.1) is 11.9 Å². The number of carbonyl (C=O) groups is 1. The number of nitrogens with one attached hydrogen (secondary N) is 3. The van der Waals surface area contributed by atoms with Gasteiger partial charge in [-0.15, -0.1) is 10.2 Å². The lowest BCUT2D eigenvalue weighted by molar-refractivity contribution is -0.174. The molecule has 238 valence electrons. The van der Waals surface area contributed by atoms with Crippen molar-refractivity contribution in [3.05, 3.63) is 100.0 Å². The van der Waals surface area contributed by atoms with Gasteiger partial charge in [-0.05, 0) is 55.0 Å². The van der Waals surface area contributed by atoms with E-state index in [0.29, 0.717) is 34.8 Å². The first-order valence-electron chi connectivity index (χ1n) is 14.0. The minimum Gasteiger partial charge on any atom is -0.402 e. The van der Waals surface area contributed by atoms with Gasteiger partial charge in [-0.3, -0.25) is 4.79 Å². The first-order chi connectivity index (χ1) is 20.9. The maximum atomic E-state index is 12.5. The molecule has 1 aromatic heterocycles. The Morgan fingerprint density at radius 1 is 0.955 bits per heavy atom. The number of nitrogens with zero attached hydrogens (tertiary/aromatic N) is 2. The van der Waals surface area contributed by atoms with E-state index in [9.17, 15) is 28.2 Å². The van der Waals surface area contributed by atoms with Crippen LogP contribution in [0, 0.1) is 0 Å². The van der Waals surface area contributed by atoms with Gasteiger partial charge in [-0.1, -0.05) is 65.9 Å². The largest absolute Gasteiger partial charge is 0.471 e. The van der Waals surface area contributed by atoms with Gasteiger partial charge >= 0.3 is 12.1 Å². The first kappa shape index (κ1) is 34.4. The predicted octanol–water partition coefficient (Wildman–Crippen LogP) is 3.76. The average Bonchev–Trinajstić information content (AvgIpc) is 3.41. The highest BCUT2D eigenvalue weighted by molar-refractivity contribution is 7.15. The molecule has 0 aliphatic carbocycles. The number of allylic oxidation sites excluding steroid dienone is 3. The van der Waals surface area contributed by atoms with E-state index in [4.69, 9.17) is 11.5 Å². The topological polar surface area (TPSA) is 171 Å². The highest BCUT2D eigenvalue weighted by Crippen LogP contribution is 2.21. The summed E-state index contributed by atoms with van der Waals surface area (Å²) in [6, 6.07) is 15.3. The molecule has 3 aromatic rings. The second kappa shape index (κ2) is 16.6. The van der Waals surface area contributed by atoms with Crippen LogP contribution in [-0.2, 0) is 24.1 Å². The van der Waals surface area contributed by atoms with Crippen LogP contribution in [0.5, 0.6) is 0 Å². The number of benzene rings is 2. The van der Waals surface area contributed by atoms with Gasteiger partial charge in [0.25, 0.3) is 0 Å². The lowest BCUT2D eigenvalue weighted by atomic mass is 10.0. The van der Waals surface area contributed by atoms with E-state index in [1.807, 2.05) is 35.6 Å². The number of hydrogen-bond acceptors (Lipinski definition) is 10. The summed E-state index contributed by atoms with van der Waals surface area (Å²) in [6.45, 7) is 1.44. The fourth-order valence-electron chi connectivity index (χ4n) is 4.20. The zero-order valence-corrected chi connectivity index (χ0v) is 25.0. The van der Waals surface area contributed by atoms with Crippen LogP contribution >= 0.6 is 11.3 Å². The van der Waals surface area contributed by atoms with Gasteiger partial charge in [-0.2, -0.15) is 13.2 Å². The second-order valence-electron chi connectivity index (χ2n) is 10.2. The Bertz CT molecular complexity index is 1400. The molecule has 0 bridgehead atoms. The van der Waals surface area contributed by atoms with Gasteiger partial charge in [0.15, 0.2) is 0 Å². The van der Waals surface area contributed by atoms with E-state index >= 15 is 0 Å². The van der Waals surface area contributed by atoms with E-state index in [2.05, 4.69) is 20.8 Å². The van der Waals surface area contributed by atoms with E-state index in [1.54, 1.807) is 36.4 Å². The van der Waals surface area contributed by atoms with Crippen molar-refractivity contribution in [1.29, 1.82) is 0 Å². The molecular weight excluding hydrogens is 595 g/mol. The average molecular weight is 634 g/mol. The van der Waals surface area contributed by atoms with E-state index in [1.165, 1.54) is 18.3 Å². The molecule has 0 aliphatic rings. The summed E-state index contributed by atoms with van der Waals surface area (Å²) in [4.78, 5) is 11.2. The number of aryl methyl sites for hydroxylation is 1. The summed E-state index contributed by atoms with van der Waals surface area (Å²) in [6.07, 6.45) is -0.0149. The van der Waals surface area contributed by atoms with Gasteiger partial charge in [0, 0.05) is 25.0 Å². The Balaban J connectivity index is 1.37. The molecule has 0 fully saturated rings. The first-order valence-corrected chi connectivity index (χ1v) is 14.8. The van der Waals surface area contributed by atoms with Crippen LogP contribution in [-0.4, -0.2) is 44.9 Å². The summed E-state index contributed by atoms with van der Waals surface area (Å²) >= 11 is 1.40. The number of alkyl halides is 3. The Morgan fingerprint density at radius 2 is 1.66 bits per heavy atom. The van der Waals surface area contributed by atoms with Crippen molar-refractivity contribution in [1.82, 2.24) is 20.8 Å². The van der Waals surface area contributed by atoms with Crippen molar-refractivity contribution in [3.8, 4) is 0 Å². The SMILES string of the molecule is CC(NC(=O)C(F)(F)F)c1cccc(CC(O)N/C(N)=C/C=C(\N)CCCCc2nnc(NC(O)Cc3ccccc3)s2)c1. The van der Waals surface area contributed by atoms with Crippen molar-refractivity contribution < 1.29 is 28.2 Å². The maximum absolute atomic E-state index is 12.5. The molecule has 0 saturated heterocycles. The zero-order chi connectivity index (χ0) is 32.1. The maximum Gasteiger partial charge on any atom is 0.471 e. The number of nitrogens with two attached hydrogens (primary N) is 2. The summed E-state index contributed by atoms with van der Waals surface area (Å²) in [7, 11) is 0. The minimum atomic E-state index is -4.97. The van der Waals surface area contributed by atoms with Crippen molar-refractivity contribution in [3.63, 3.8) is 0 Å². The molecule has 0 radical (unpaired) electrons. The lowest BCUT2D eigenvalue weighted by Crippen LogP contribution is -2.38. The number of aliphatic hydroxyl groups is 2. The summed E-state index contributed by atoms with van der Waals surface area (Å²) in [5, 5.41) is 38.0. The van der Waals surface area contributed by atoms with Crippen molar-refractivity contribution in [2.24, 2.45) is 11.5 Å². The molecule has 0 saturated carbocycles. The standard InChI is InChI=1S/C30H38F3N7O3S/c1-19(36-28(43)30(31,32)33)22-11-7-10-21(16-22)18-25(41)37-24(35)15-14-23(34)12-5-6-13-27-39-40-29(44-27)38-26(42)17-20-8-3-2-4-9-20/h2-4,7-11,14-16,19,25-26,37,41-42H,5-6,12-13,17-18,34-35H2,1H3,(H,36,43)(H,38,40)/b23-14-,24-15+. The smallest absolute Gasteiger partial charge is 0.402 e. The number of amides is 1. The Morgan fingerprint density at radius 3 is 2.39 bits per heavy atom. The molecule has 9 N–H and O–H groups in total. The Labute approximate surface area is 258 Å². The molecule has 2 aromatic carbocycles. The van der Waals surface area contributed by atoms with Crippen LogP contribution in [0.25, 0.3) is 0 Å². The van der Waals surface area contributed by atoms with E-state index in [0.717, 1.165) is 29.8 Å². The molecule has 14 heteroatoms. The van der Waals surface area contributed by atoms with Crippen LogP contribution in [0.3, 0.4) is 0 Å². The molecule has 44 heavy (non-hydrogen) atoms. The summed E-state index contributed by atoms with van der Waals surface area (Å²) in [5.74, 6) is -1.83. The van der Waals surface area contributed by atoms with Crippen molar-refractivity contribution >= 4 is 22.4 Å². The second-order valence-corrected chi connectivity index (χ2v) is 11.3. The van der Waals surface area contributed by atoms with E-state index < -0.39 is 30.6 Å². The fourth-order valence-corrected chi connectivity index (χ4v) is 5.02. The third-order valence-corrected chi connectivity index (χ3v) is 7.34. The fraction of sp³-hybridized carbons (Fsp3) is 0.367. The number of anilines is 1. The number of halogens is 3. The third kappa shape index (κ3) is 12.2. The number of carbonyl (C=O) groups excluding carboxylic acids is 1. The molecule has 1 heterocycles. The zero-order valence-electron chi connectivity index (χ0n) is 24.2. The van der Waals surface area contributed by atoms with Crippen LogP contribution in [0.2, 0.25) is 0 Å². The highest BCUT2D eigenvalue weighted by Gasteiger charge is 2.39. The molecule has 3 rings (SSSR count). The highest BCUT2D eigenvalue weighted by atomic mass is 32.1. The molecule has 3 atom stereocenters. The van der Waals surface area contributed by atoms with Gasteiger partial charge in [-0.25, -0.2) is 0 Å². The van der Waals surface area contributed by atoms with Crippen molar-refractivity contribution in [2.75, 3.05) is 5.32 Å². The number of hydrogen-bond donors (Lipinski definition) is 7. The molecule has 0 spiro atoms. The van der Waals surface area contributed by atoms with Gasteiger partial charge < -0.3 is 37.6 Å².